The molecule has 2 atom stereocenters. The molecule has 4 spiro atoms. The van der Waals surface area contributed by atoms with Crippen LogP contribution >= 0.6 is 0 Å². The normalized spacial score (nSPS) is 46.1. The van der Waals surface area contributed by atoms with Crippen molar-refractivity contribution in [1.82, 2.24) is 0 Å². The lowest BCUT2D eigenvalue weighted by molar-refractivity contribution is -0.194. The van der Waals surface area contributed by atoms with Crippen LogP contribution in [0.25, 0.3) is 0 Å². The first-order valence-electron chi connectivity index (χ1n) is 25.9. The minimum atomic E-state index is -0.837. The lowest BCUT2D eigenvalue weighted by Crippen LogP contribution is -2.69. The van der Waals surface area contributed by atoms with E-state index < -0.39 is 34.0 Å². The fraction of sp³-hybridized carbons (Fsp3) is 0.962. The summed E-state index contributed by atoms with van der Waals surface area (Å²) in [5.41, 5.74) is -2.25. The SMILES string of the molecule is CCCCCC1CC[C@]2(CC1)C(=O)[C@@]1(CC[C@H](C3CCC(C)CC3)CC1)[C@@H]2F.CCCCCC[C@H]1CC[C@]2(CC1)C(=O)C1(CCC(C3CCC(C)CC3)CC1)[C@@H]2F. The van der Waals surface area contributed by atoms with Crippen molar-refractivity contribution < 1.29 is 18.4 Å². The van der Waals surface area contributed by atoms with E-state index in [9.17, 15) is 9.59 Å². The van der Waals surface area contributed by atoms with Crippen LogP contribution in [0.15, 0.2) is 0 Å². The summed E-state index contributed by atoms with van der Waals surface area (Å²) in [6.07, 6.45) is 36.7. The highest BCUT2D eigenvalue weighted by molar-refractivity contribution is 5.99. The van der Waals surface area contributed by atoms with Gasteiger partial charge in [0.2, 0.25) is 0 Å². The quantitative estimate of drug-likeness (QED) is 0.195. The first-order chi connectivity index (χ1) is 27.5. The number of rotatable bonds is 11. The number of ketones is 2. The van der Waals surface area contributed by atoms with Gasteiger partial charge in [-0.15, -0.1) is 0 Å². The average Bonchev–Trinajstić information content (AvgIpc) is 3.26. The van der Waals surface area contributed by atoms with Crippen LogP contribution in [0.4, 0.5) is 8.78 Å². The lowest BCUT2D eigenvalue weighted by atomic mass is 9.41. The summed E-state index contributed by atoms with van der Waals surface area (Å²) >= 11 is 0. The van der Waals surface area contributed by atoms with E-state index in [0.29, 0.717) is 11.6 Å². The van der Waals surface area contributed by atoms with Crippen LogP contribution in [0.1, 0.15) is 240 Å². The minimum absolute atomic E-state index is 0.357. The second-order valence-corrected chi connectivity index (χ2v) is 23.0. The number of carbonyl (C=O) groups is 2. The molecule has 0 amide bonds. The van der Waals surface area contributed by atoms with Crippen LogP contribution in [0.2, 0.25) is 0 Å². The van der Waals surface area contributed by atoms with Crippen molar-refractivity contribution in [2.24, 2.45) is 69.0 Å². The molecule has 0 N–H and O–H groups in total. The largest absolute Gasteiger partial charge is 0.298 e. The number of halogens is 2. The van der Waals surface area contributed by atoms with Gasteiger partial charge >= 0.3 is 0 Å². The van der Waals surface area contributed by atoms with Crippen molar-refractivity contribution >= 4 is 11.6 Å². The second kappa shape index (κ2) is 19.1. The van der Waals surface area contributed by atoms with Crippen LogP contribution < -0.4 is 0 Å². The molecule has 2 nitrogen and oxygen atoms in total. The fourth-order valence-electron chi connectivity index (χ4n) is 15.5. The Balaban J connectivity index is 0.000000174. The fourth-order valence-corrected chi connectivity index (χ4v) is 15.5. The van der Waals surface area contributed by atoms with E-state index >= 15 is 8.78 Å². The molecule has 8 aliphatic carbocycles. The predicted molar refractivity (Wildman–Crippen MR) is 233 cm³/mol. The molecule has 8 rings (SSSR count). The Hall–Kier alpha value is -0.800. The Morgan fingerprint density at radius 3 is 1.00 bits per heavy atom. The van der Waals surface area contributed by atoms with E-state index in [1.165, 1.54) is 109 Å². The summed E-state index contributed by atoms with van der Waals surface area (Å²) in [7, 11) is 0. The highest BCUT2D eigenvalue weighted by Gasteiger charge is 2.73. The van der Waals surface area contributed by atoms with E-state index in [2.05, 4.69) is 27.7 Å². The third kappa shape index (κ3) is 8.67. The smallest absolute Gasteiger partial charge is 0.151 e. The van der Waals surface area contributed by atoms with Gasteiger partial charge in [-0.2, -0.15) is 0 Å². The highest BCUT2D eigenvalue weighted by atomic mass is 19.1. The van der Waals surface area contributed by atoms with Gasteiger partial charge < -0.3 is 0 Å². The Morgan fingerprint density at radius 1 is 0.404 bits per heavy atom. The molecule has 8 saturated carbocycles. The van der Waals surface area contributed by atoms with Crippen LogP contribution in [-0.4, -0.2) is 23.9 Å². The van der Waals surface area contributed by atoms with E-state index in [1.54, 1.807) is 0 Å². The van der Waals surface area contributed by atoms with Gasteiger partial charge in [0.05, 0.1) is 21.7 Å². The van der Waals surface area contributed by atoms with Crippen LogP contribution in [0.5, 0.6) is 0 Å². The summed E-state index contributed by atoms with van der Waals surface area (Å²) in [5.74, 6) is 7.25. The minimum Gasteiger partial charge on any atom is -0.298 e. The van der Waals surface area contributed by atoms with Gasteiger partial charge in [-0.25, -0.2) is 8.78 Å². The Bertz CT molecular complexity index is 1270. The molecule has 8 aliphatic rings. The Kier molecular flexibility index (Phi) is 14.8. The van der Waals surface area contributed by atoms with Crippen LogP contribution in [0, 0.1) is 69.0 Å². The molecule has 0 aromatic rings. The number of Topliss-reactive ketones (excluding diaryl/α,β-unsaturated/α-hetero) is 2. The van der Waals surface area contributed by atoms with Gasteiger partial charge in [-0.1, -0.05) is 111 Å². The molecule has 4 heteroatoms. The molecular weight excluding hydrogens is 707 g/mol. The summed E-state index contributed by atoms with van der Waals surface area (Å²) < 4.78 is 31.4. The molecule has 326 valence electrons. The summed E-state index contributed by atoms with van der Waals surface area (Å²) in [6, 6.07) is 0. The maximum absolute atomic E-state index is 15.7. The monoisotopic (exact) mass is 795 g/mol. The van der Waals surface area contributed by atoms with Gasteiger partial charge in [-0.3, -0.25) is 9.59 Å². The molecule has 0 heterocycles. The molecule has 0 bridgehead atoms. The molecule has 0 unspecified atom stereocenters. The van der Waals surface area contributed by atoms with Crippen molar-refractivity contribution in [1.29, 1.82) is 0 Å². The van der Waals surface area contributed by atoms with Crippen molar-refractivity contribution in [3.05, 3.63) is 0 Å². The number of hydrogen-bond acceptors (Lipinski definition) is 2. The zero-order chi connectivity index (χ0) is 40.3. The molecule has 57 heavy (non-hydrogen) atoms. The van der Waals surface area contributed by atoms with Crippen molar-refractivity contribution in [2.75, 3.05) is 0 Å². The number of carbonyl (C=O) groups excluding carboxylic acids is 2. The number of hydrogen-bond donors (Lipinski definition) is 0. The van der Waals surface area contributed by atoms with Gasteiger partial charge in [0.1, 0.15) is 12.3 Å². The van der Waals surface area contributed by atoms with Gasteiger partial charge in [-0.05, 0) is 176 Å². The first kappa shape index (κ1) is 44.3. The zero-order valence-corrected chi connectivity index (χ0v) is 37.7. The average molecular weight is 795 g/mol. The third-order valence-corrected chi connectivity index (χ3v) is 19.7. The number of alkyl halides is 2. The molecule has 0 aromatic heterocycles. The molecule has 0 radical (unpaired) electrons. The van der Waals surface area contributed by atoms with Crippen molar-refractivity contribution in [3.8, 4) is 0 Å². The second-order valence-electron chi connectivity index (χ2n) is 23.0. The maximum atomic E-state index is 15.7. The maximum Gasteiger partial charge on any atom is 0.151 e. The summed E-state index contributed by atoms with van der Waals surface area (Å²) in [5, 5.41) is 0. The molecule has 8 fully saturated rings. The van der Waals surface area contributed by atoms with E-state index in [-0.39, 0.29) is 0 Å². The van der Waals surface area contributed by atoms with Gasteiger partial charge in [0.15, 0.2) is 11.6 Å². The summed E-state index contributed by atoms with van der Waals surface area (Å²) in [6.45, 7) is 9.27. The Morgan fingerprint density at radius 2 is 0.684 bits per heavy atom. The predicted octanol–water partition coefficient (Wildman–Crippen LogP) is 15.7. The zero-order valence-electron chi connectivity index (χ0n) is 37.7. The summed E-state index contributed by atoms with van der Waals surface area (Å²) in [4.78, 5) is 26.8. The molecule has 0 saturated heterocycles. The molecule has 0 aromatic carbocycles. The standard InChI is InChI=1S/C27H45FO.C26H43FO/c1-3-4-5-6-7-21-12-16-26(17-13-21)24(28)27(25(26)29)18-14-23(15-19-27)22-10-8-20(2)9-11-22;1-3-4-5-6-20-11-15-25(16-12-20)23(27)26(24(25)28)17-13-22(14-18-26)21-9-7-19(2)8-10-21/h20-24H,3-19H2,1-2H3;19-23H,3-18H2,1-2H3/t20?,21-,22?,23?,24-,26+,27?;19?,20?,21?,22-,23-,25-,26+/m11/s1. The van der Waals surface area contributed by atoms with Gasteiger partial charge in [0, 0.05) is 0 Å². The third-order valence-electron chi connectivity index (χ3n) is 19.7. The van der Waals surface area contributed by atoms with E-state index in [4.69, 9.17) is 0 Å². The van der Waals surface area contributed by atoms with Crippen molar-refractivity contribution in [2.45, 2.75) is 252 Å². The highest BCUT2D eigenvalue weighted by Crippen LogP contribution is 2.67. The molecular formula is C53H88F2O2. The molecule has 0 aliphatic heterocycles. The van der Waals surface area contributed by atoms with E-state index in [1.807, 2.05) is 0 Å². The Labute approximate surface area is 349 Å². The van der Waals surface area contributed by atoms with Crippen LogP contribution in [-0.2, 0) is 9.59 Å². The van der Waals surface area contributed by atoms with E-state index in [0.717, 1.165) is 150 Å². The van der Waals surface area contributed by atoms with Crippen LogP contribution in [0.3, 0.4) is 0 Å². The first-order valence-corrected chi connectivity index (χ1v) is 25.9. The number of unbranched alkanes of at least 4 members (excludes halogenated alkanes) is 5. The topological polar surface area (TPSA) is 34.1 Å². The van der Waals surface area contributed by atoms with Crippen molar-refractivity contribution in [3.63, 3.8) is 0 Å². The van der Waals surface area contributed by atoms with Gasteiger partial charge in [0.25, 0.3) is 0 Å². The lowest BCUT2D eigenvalue weighted by Gasteiger charge is -2.61.